The maximum absolute atomic E-state index is 12.8. The van der Waals surface area contributed by atoms with E-state index in [1.807, 2.05) is 11.8 Å². The molecule has 3 N–H and O–H groups in total. The number of urea groups is 1. The summed E-state index contributed by atoms with van der Waals surface area (Å²) in [5.74, 6) is 0.864. The van der Waals surface area contributed by atoms with Gasteiger partial charge in [-0.15, -0.1) is 0 Å². The predicted molar refractivity (Wildman–Crippen MR) is 92.1 cm³/mol. The van der Waals surface area contributed by atoms with E-state index in [0.717, 1.165) is 31.4 Å². The van der Waals surface area contributed by atoms with Crippen LogP contribution in [0.15, 0.2) is 6.20 Å². The van der Waals surface area contributed by atoms with Gasteiger partial charge < -0.3 is 20.9 Å². The second-order valence-electron chi connectivity index (χ2n) is 7.42. The number of carbonyl (C=O) groups excluding carboxylic acids is 3. The molecule has 1 aliphatic carbocycles. The number of nitrogens with one attached hydrogen (secondary N) is 1. The van der Waals surface area contributed by atoms with Crippen LogP contribution >= 0.6 is 0 Å². The summed E-state index contributed by atoms with van der Waals surface area (Å²) in [5, 5.41) is 2.60. The van der Waals surface area contributed by atoms with E-state index in [2.05, 4.69) is 10.3 Å². The quantitative estimate of drug-likeness (QED) is 0.809. The SMILES string of the molecule is Cc1ncc2n1C(=O)N(C1CCN(C(=O)C(NC(N)=O)C3CC3)CC1)C2. The first kappa shape index (κ1) is 16.9. The van der Waals surface area contributed by atoms with Crippen molar-refractivity contribution >= 4 is 18.0 Å². The Kier molecular flexibility index (Phi) is 4.08. The number of aryl methyl sites for hydroxylation is 1. The standard InChI is InChI=1S/C17H24N6O3/c1-10-19-8-13-9-22(17(26)23(10)13)12-4-6-21(7-5-12)15(24)14(11-2-3-11)20-16(18)25/h8,11-12,14H,2-7,9H2,1H3,(H3,18,20,25). The highest BCUT2D eigenvalue weighted by Crippen LogP contribution is 2.34. The van der Waals surface area contributed by atoms with Crippen LogP contribution in [0.1, 0.15) is 37.2 Å². The van der Waals surface area contributed by atoms with Gasteiger partial charge in [-0.2, -0.15) is 0 Å². The van der Waals surface area contributed by atoms with Crippen LogP contribution < -0.4 is 11.1 Å². The molecule has 4 amide bonds. The molecule has 1 saturated carbocycles. The molecule has 0 radical (unpaired) electrons. The fourth-order valence-corrected chi connectivity index (χ4v) is 4.08. The van der Waals surface area contributed by atoms with Crippen LogP contribution in [-0.2, 0) is 11.3 Å². The summed E-state index contributed by atoms with van der Waals surface area (Å²) in [6, 6.07) is -1.06. The lowest BCUT2D eigenvalue weighted by molar-refractivity contribution is -0.135. The summed E-state index contributed by atoms with van der Waals surface area (Å²) in [6.07, 6.45) is 5.12. The molecule has 1 atom stereocenters. The Labute approximate surface area is 151 Å². The van der Waals surface area contributed by atoms with Crippen molar-refractivity contribution in [2.24, 2.45) is 11.7 Å². The smallest absolute Gasteiger partial charge is 0.330 e. The van der Waals surface area contributed by atoms with E-state index in [4.69, 9.17) is 5.73 Å². The van der Waals surface area contributed by atoms with E-state index >= 15 is 0 Å². The van der Waals surface area contributed by atoms with Gasteiger partial charge in [-0.05, 0) is 38.5 Å². The molecule has 9 nitrogen and oxygen atoms in total. The van der Waals surface area contributed by atoms with Crippen LogP contribution in [0.4, 0.5) is 9.59 Å². The third-order valence-corrected chi connectivity index (χ3v) is 5.65. The van der Waals surface area contributed by atoms with Gasteiger partial charge in [-0.3, -0.25) is 9.36 Å². The molecule has 0 spiro atoms. The number of hydrogen-bond donors (Lipinski definition) is 2. The zero-order valence-electron chi connectivity index (χ0n) is 14.9. The largest absolute Gasteiger partial charge is 0.352 e. The van der Waals surface area contributed by atoms with Gasteiger partial charge in [0.25, 0.3) is 0 Å². The number of hydrogen-bond acceptors (Lipinski definition) is 4. The van der Waals surface area contributed by atoms with Gasteiger partial charge in [-0.25, -0.2) is 14.6 Å². The lowest BCUT2D eigenvalue weighted by atomic mass is 10.0. The predicted octanol–water partition coefficient (Wildman–Crippen LogP) is 0.413. The molecule has 3 heterocycles. The Morgan fingerprint density at radius 3 is 2.54 bits per heavy atom. The number of primary amides is 1. The van der Waals surface area contributed by atoms with E-state index in [9.17, 15) is 14.4 Å². The first-order valence-corrected chi connectivity index (χ1v) is 9.14. The van der Waals surface area contributed by atoms with Crippen LogP contribution in [0, 0.1) is 12.8 Å². The van der Waals surface area contributed by atoms with Gasteiger partial charge in [0, 0.05) is 19.1 Å². The van der Waals surface area contributed by atoms with Crippen LogP contribution in [0.25, 0.3) is 0 Å². The summed E-state index contributed by atoms with van der Waals surface area (Å²) in [6.45, 7) is 3.58. The molecule has 0 aromatic carbocycles. The van der Waals surface area contributed by atoms with Crippen molar-refractivity contribution in [3.05, 3.63) is 17.7 Å². The molecular formula is C17H24N6O3. The van der Waals surface area contributed by atoms with Gasteiger partial charge in [0.05, 0.1) is 18.4 Å². The Balaban J connectivity index is 1.36. The Morgan fingerprint density at radius 1 is 1.27 bits per heavy atom. The molecule has 1 saturated heterocycles. The van der Waals surface area contributed by atoms with Crippen molar-refractivity contribution in [3.63, 3.8) is 0 Å². The maximum Gasteiger partial charge on any atom is 0.330 e. The molecule has 1 aromatic heterocycles. The number of nitrogens with zero attached hydrogens (tertiary/aromatic N) is 4. The summed E-state index contributed by atoms with van der Waals surface area (Å²) in [5.41, 5.74) is 6.14. The van der Waals surface area contributed by atoms with Gasteiger partial charge in [0.2, 0.25) is 5.91 Å². The molecule has 2 fully saturated rings. The minimum Gasteiger partial charge on any atom is -0.352 e. The van der Waals surface area contributed by atoms with Crippen LogP contribution in [0.5, 0.6) is 0 Å². The Bertz CT molecular complexity index is 748. The highest BCUT2D eigenvalue weighted by molar-refractivity contribution is 5.87. The normalized spacial score (nSPS) is 21.7. The number of likely N-dealkylation sites (tertiary alicyclic amines) is 1. The molecule has 1 aromatic rings. The van der Waals surface area contributed by atoms with Crippen molar-refractivity contribution in [3.8, 4) is 0 Å². The van der Waals surface area contributed by atoms with E-state index in [-0.39, 0.29) is 23.9 Å². The minimum absolute atomic E-state index is 0.0222. The van der Waals surface area contributed by atoms with E-state index in [1.165, 1.54) is 0 Å². The van der Waals surface area contributed by atoms with Gasteiger partial charge >= 0.3 is 12.1 Å². The summed E-state index contributed by atoms with van der Waals surface area (Å²) in [7, 11) is 0. The highest BCUT2D eigenvalue weighted by Gasteiger charge is 2.41. The van der Waals surface area contributed by atoms with Crippen molar-refractivity contribution in [2.75, 3.05) is 13.1 Å². The van der Waals surface area contributed by atoms with Crippen molar-refractivity contribution in [1.29, 1.82) is 0 Å². The summed E-state index contributed by atoms with van der Waals surface area (Å²) in [4.78, 5) is 44.4. The fourth-order valence-electron chi connectivity index (χ4n) is 4.08. The third kappa shape index (κ3) is 2.91. The average molecular weight is 360 g/mol. The zero-order chi connectivity index (χ0) is 18.4. The van der Waals surface area contributed by atoms with Gasteiger partial charge in [-0.1, -0.05) is 0 Å². The highest BCUT2D eigenvalue weighted by atomic mass is 16.2. The molecule has 140 valence electrons. The molecule has 2 aliphatic heterocycles. The molecule has 1 unspecified atom stereocenters. The number of imidazole rings is 1. The number of piperidine rings is 1. The van der Waals surface area contributed by atoms with Crippen LogP contribution in [0.2, 0.25) is 0 Å². The topological polar surface area (TPSA) is 114 Å². The van der Waals surface area contributed by atoms with E-state index in [1.54, 1.807) is 15.7 Å². The van der Waals surface area contributed by atoms with Crippen molar-refractivity contribution in [1.82, 2.24) is 24.7 Å². The summed E-state index contributed by atoms with van der Waals surface area (Å²) >= 11 is 0. The lowest BCUT2D eigenvalue weighted by Crippen LogP contribution is -2.54. The second-order valence-corrected chi connectivity index (χ2v) is 7.42. The Hall–Kier alpha value is -2.58. The maximum atomic E-state index is 12.8. The minimum atomic E-state index is -0.654. The average Bonchev–Trinajstić information content (AvgIpc) is 3.32. The van der Waals surface area contributed by atoms with Crippen molar-refractivity contribution in [2.45, 2.75) is 51.2 Å². The number of amides is 4. The fraction of sp³-hybridized carbons (Fsp3) is 0.647. The molecule has 4 rings (SSSR count). The first-order valence-electron chi connectivity index (χ1n) is 9.14. The molecule has 26 heavy (non-hydrogen) atoms. The second kappa shape index (κ2) is 6.30. The third-order valence-electron chi connectivity index (χ3n) is 5.65. The number of aromatic nitrogens is 2. The van der Waals surface area contributed by atoms with Crippen LogP contribution in [0.3, 0.4) is 0 Å². The zero-order valence-corrected chi connectivity index (χ0v) is 14.9. The van der Waals surface area contributed by atoms with Gasteiger partial charge in [0.15, 0.2) is 0 Å². The van der Waals surface area contributed by atoms with E-state index < -0.39 is 12.1 Å². The summed E-state index contributed by atoms with van der Waals surface area (Å²) < 4.78 is 1.66. The van der Waals surface area contributed by atoms with Gasteiger partial charge in [0.1, 0.15) is 11.9 Å². The number of fused-ring (bicyclic) bond motifs is 1. The van der Waals surface area contributed by atoms with E-state index in [0.29, 0.717) is 25.5 Å². The molecule has 0 bridgehead atoms. The number of rotatable bonds is 4. The lowest BCUT2D eigenvalue weighted by Gasteiger charge is -2.37. The first-order chi connectivity index (χ1) is 12.5. The molecular weight excluding hydrogens is 336 g/mol. The number of nitrogens with two attached hydrogens (primary N) is 1. The monoisotopic (exact) mass is 360 g/mol. The molecule has 3 aliphatic rings. The van der Waals surface area contributed by atoms with Crippen molar-refractivity contribution < 1.29 is 14.4 Å². The Morgan fingerprint density at radius 2 is 1.96 bits per heavy atom. The number of carbonyl (C=O) groups is 3. The van der Waals surface area contributed by atoms with Crippen LogP contribution in [-0.4, -0.2) is 62.5 Å². The molecule has 9 heteroatoms.